The monoisotopic (exact) mass is 398 g/mol. The zero-order valence-corrected chi connectivity index (χ0v) is 15.1. The van der Waals surface area contributed by atoms with E-state index < -0.39 is 0 Å². The second kappa shape index (κ2) is 6.33. The van der Waals surface area contributed by atoms with Gasteiger partial charge in [0.25, 0.3) is 0 Å². The fraction of sp³-hybridized carbons (Fsp3) is 0.167. The first-order chi connectivity index (χ1) is 12.2. The third kappa shape index (κ3) is 2.80. The van der Waals surface area contributed by atoms with E-state index in [-0.39, 0.29) is 12.2 Å². The molecule has 0 atom stereocenters. The molecule has 0 bridgehead atoms. The van der Waals surface area contributed by atoms with Crippen LogP contribution in [0.25, 0.3) is 22.5 Å². The second-order valence-electron chi connectivity index (χ2n) is 5.61. The Kier molecular flexibility index (Phi) is 4.01. The lowest BCUT2D eigenvalue weighted by molar-refractivity contribution is 0.485. The number of imidazole rings is 1. The van der Waals surface area contributed by atoms with Crippen molar-refractivity contribution in [3.63, 3.8) is 0 Å². The van der Waals surface area contributed by atoms with Crippen LogP contribution in [0.5, 0.6) is 0 Å². The van der Waals surface area contributed by atoms with Crippen molar-refractivity contribution in [2.24, 2.45) is 0 Å². The number of fused-ring (bicyclic) bond motifs is 1. The average molecular weight is 399 g/mol. The molecule has 2 heterocycles. The molecule has 0 radical (unpaired) electrons. The number of halogens is 1. The van der Waals surface area contributed by atoms with E-state index >= 15 is 0 Å². The molecule has 0 aliphatic heterocycles. The summed E-state index contributed by atoms with van der Waals surface area (Å²) < 4.78 is 10.1. The highest BCUT2D eigenvalue weighted by molar-refractivity contribution is 9.10. The van der Waals surface area contributed by atoms with Gasteiger partial charge in [0.1, 0.15) is 6.54 Å². The average Bonchev–Trinajstić information content (AvgIpc) is 3.19. The maximum absolute atomic E-state index is 12.7. The molecule has 7 heteroatoms. The molecule has 6 nitrogen and oxygen atoms in total. The molecular formula is C18H15BrN4O2. The van der Waals surface area contributed by atoms with Gasteiger partial charge in [0.2, 0.25) is 11.8 Å². The number of aromatic nitrogens is 4. The van der Waals surface area contributed by atoms with E-state index in [9.17, 15) is 4.79 Å². The van der Waals surface area contributed by atoms with Crippen LogP contribution >= 0.6 is 15.9 Å². The zero-order chi connectivity index (χ0) is 17.4. The largest absolute Gasteiger partial charge is 0.419 e. The molecule has 0 saturated heterocycles. The van der Waals surface area contributed by atoms with Crippen molar-refractivity contribution in [1.82, 2.24) is 19.3 Å². The van der Waals surface area contributed by atoms with E-state index in [0.29, 0.717) is 18.3 Å². The molecule has 0 spiro atoms. The van der Waals surface area contributed by atoms with Crippen LogP contribution in [0.4, 0.5) is 0 Å². The highest BCUT2D eigenvalue weighted by Gasteiger charge is 2.15. The van der Waals surface area contributed by atoms with Crippen LogP contribution in [-0.2, 0) is 13.1 Å². The van der Waals surface area contributed by atoms with Crippen molar-refractivity contribution in [1.29, 1.82) is 0 Å². The fourth-order valence-electron chi connectivity index (χ4n) is 2.89. The van der Waals surface area contributed by atoms with Gasteiger partial charge >= 0.3 is 5.69 Å². The Morgan fingerprint density at radius 3 is 2.36 bits per heavy atom. The lowest BCUT2D eigenvalue weighted by Crippen LogP contribution is -2.24. The lowest BCUT2D eigenvalue weighted by Gasteiger charge is -1.98. The van der Waals surface area contributed by atoms with Gasteiger partial charge in [0, 0.05) is 16.6 Å². The SMILES string of the molecule is CCn1c(=O)n(Cc2nnc(-c3ccc(Br)cc3)o2)c2ccccc21. The van der Waals surface area contributed by atoms with Crippen LogP contribution in [0.3, 0.4) is 0 Å². The first-order valence-corrected chi connectivity index (χ1v) is 8.73. The minimum absolute atomic E-state index is 0.0768. The van der Waals surface area contributed by atoms with Crippen LogP contribution in [-0.4, -0.2) is 19.3 Å². The zero-order valence-electron chi connectivity index (χ0n) is 13.5. The Hall–Kier alpha value is -2.67. The first kappa shape index (κ1) is 15.8. The van der Waals surface area contributed by atoms with Gasteiger partial charge in [-0.05, 0) is 43.3 Å². The van der Waals surface area contributed by atoms with Gasteiger partial charge in [0.15, 0.2) is 0 Å². The molecule has 2 aromatic heterocycles. The van der Waals surface area contributed by atoms with Crippen molar-refractivity contribution >= 4 is 27.0 Å². The maximum atomic E-state index is 12.7. The molecular weight excluding hydrogens is 384 g/mol. The summed E-state index contributed by atoms with van der Waals surface area (Å²) in [5.41, 5.74) is 2.53. The van der Waals surface area contributed by atoms with Crippen molar-refractivity contribution in [2.45, 2.75) is 20.0 Å². The Balaban J connectivity index is 1.72. The van der Waals surface area contributed by atoms with E-state index in [0.717, 1.165) is 21.1 Å². The lowest BCUT2D eigenvalue weighted by atomic mass is 10.2. The molecule has 2 aromatic carbocycles. The quantitative estimate of drug-likeness (QED) is 0.525. The number of benzene rings is 2. The molecule has 4 rings (SSSR count). The number of para-hydroxylation sites is 2. The van der Waals surface area contributed by atoms with E-state index in [1.807, 2.05) is 55.5 Å². The number of aryl methyl sites for hydroxylation is 1. The van der Waals surface area contributed by atoms with E-state index in [1.54, 1.807) is 9.13 Å². The van der Waals surface area contributed by atoms with Gasteiger partial charge in [-0.3, -0.25) is 9.13 Å². The molecule has 126 valence electrons. The summed E-state index contributed by atoms with van der Waals surface area (Å²) >= 11 is 3.40. The Morgan fingerprint density at radius 1 is 1.00 bits per heavy atom. The highest BCUT2D eigenvalue weighted by atomic mass is 79.9. The van der Waals surface area contributed by atoms with Crippen LogP contribution in [0.1, 0.15) is 12.8 Å². The van der Waals surface area contributed by atoms with Crippen molar-refractivity contribution in [3.05, 3.63) is 69.4 Å². The smallest absolute Gasteiger partial charge is 0.329 e. The predicted molar refractivity (Wildman–Crippen MR) is 98.4 cm³/mol. The van der Waals surface area contributed by atoms with Crippen LogP contribution in [0.15, 0.2) is 62.2 Å². The molecule has 0 unspecified atom stereocenters. The molecule has 4 aromatic rings. The van der Waals surface area contributed by atoms with Gasteiger partial charge in [0.05, 0.1) is 11.0 Å². The molecule has 0 N–H and O–H groups in total. The number of rotatable bonds is 4. The second-order valence-corrected chi connectivity index (χ2v) is 6.53. The Bertz CT molecular complexity index is 1090. The van der Waals surface area contributed by atoms with E-state index in [4.69, 9.17) is 4.42 Å². The van der Waals surface area contributed by atoms with Crippen LogP contribution < -0.4 is 5.69 Å². The van der Waals surface area contributed by atoms with Crippen molar-refractivity contribution in [3.8, 4) is 11.5 Å². The highest BCUT2D eigenvalue weighted by Crippen LogP contribution is 2.21. The van der Waals surface area contributed by atoms with Crippen molar-refractivity contribution < 1.29 is 4.42 Å². The molecule has 0 aliphatic rings. The number of nitrogens with zero attached hydrogens (tertiary/aromatic N) is 4. The van der Waals surface area contributed by atoms with E-state index in [1.165, 1.54) is 0 Å². The van der Waals surface area contributed by atoms with Gasteiger partial charge in [-0.2, -0.15) is 0 Å². The summed E-state index contributed by atoms with van der Waals surface area (Å²) in [6.45, 7) is 2.81. The summed E-state index contributed by atoms with van der Waals surface area (Å²) in [6.07, 6.45) is 0. The summed E-state index contributed by atoms with van der Waals surface area (Å²) in [5, 5.41) is 8.19. The molecule has 25 heavy (non-hydrogen) atoms. The topological polar surface area (TPSA) is 65.8 Å². The van der Waals surface area contributed by atoms with Gasteiger partial charge in [-0.15, -0.1) is 10.2 Å². The summed E-state index contributed by atoms with van der Waals surface area (Å²) in [7, 11) is 0. The third-order valence-corrected chi connectivity index (χ3v) is 4.62. The van der Waals surface area contributed by atoms with Gasteiger partial charge < -0.3 is 4.42 Å². The standard InChI is InChI=1S/C18H15BrN4O2/c1-2-22-14-5-3-4-6-15(14)23(18(22)24)11-16-20-21-17(25-16)12-7-9-13(19)10-8-12/h3-10H,2,11H2,1H3. The summed E-state index contributed by atoms with van der Waals surface area (Å²) in [6, 6.07) is 15.3. The summed E-state index contributed by atoms with van der Waals surface area (Å²) in [4.78, 5) is 12.7. The Morgan fingerprint density at radius 2 is 1.68 bits per heavy atom. The fourth-order valence-corrected chi connectivity index (χ4v) is 3.16. The molecule has 0 saturated carbocycles. The maximum Gasteiger partial charge on any atom is 0.329 e. The predicted octanol–water partition coefficient (Wildman–Crippen LogP) is 3.68. The minimum Gasteiger partial charge on any atom is -0.419 e. The Labute approximate surface area is 151 Å². The third-order valence-electron chi connectivity index (χ3n) is 4.09. The minimum atomic E-state index is -0.0768. The number of hydrogen-bond acceptors (Lipinski definition) is 4. The van der Waals surface area contributed by atoms with Gasteiger partial charge in [-0.1, -0.05) is 28.1 Å². The normalized spacial score (nSPS) is 11.3. The summed E-state index contributed by atoms with van der Waals surface area (Å²) in [5.74, 6) is 0.841. The molecule has 0 amide bonds. The molecule has 0 fully saturated rings. The van der Waals surface area contributed by atoms with E-state index in [2.05, 4.69) is 26.1 Å². The molecule has 0 aliphatic carbocycles. The first-order valence-electron chi connectivity index (χ1n) is 7.93. The number of hydrogen-bond donors (Lipinski definition) is 0. The van der Waals surface area contributed by atoms with Gasteiger partial charge in [-0.25, -0.2) is 4.79 Å². The van der Waals surface area contributed by atoms with Crippen LogP contribution in [0, 0.1) is 0 Å². The van der Waals surface area contributed by atoms with Crippen LogP contribution in [0.2, 0.25) is 0 Å². The van der Waals surface area contributed by atoms with Crippen molar-refractivity contribution in [2.75, 3.05) is 0 Å².